The molecule has 0 amide bonds. The van der Waals surface area contributed by atoms with Gasteiger partial charge in [-0.05, 0) is 36.9 Å². The zero-order chi connectivity index (χ0) is 14.1. The van der Waals surface area contributed by atoms with E-state index in [0.29, 0.717) is 5.58 Å². The molecular weight excluding hydrogens is 257 g/mol. The Morgan fingerprint density at radius 3 is 2.90 bits per heavy atom. The van der Waals surface area contributed by atoms with Crippen molar-refractivity contribution in [3.05, 3.63) is 53.8 Å². The van der Waals surface area contributed by atoms with Gasteiger partial charge in [0.25, 0.3) is 0 Å². The van der Waals surface area contributed by atoms with Gasteiger partial charge in [0.1, 0.15) is 23.2 Å². The first-order valence-electron chi connectivity index (χ1n) is 6.59. The molecule has 3 rings (SSSR count). The molecule has 1 N–H and O–H groups in total. The topological polar surface area (TPSA) is 43.0 Å². The zero-order valence-electron chi connectivity index (χ0n) is 11.4. The number of fused-ring (bicyclic) bond motifs is 1. The highest BCUT2D eigenvalue weighted by Gasteiger charge is 2.20. The third-order valence-electron chi connectivity index (χ3n) is 3.34. The summed E-state index contributed by atoms with van der Waals surface area (Å²) in [6, 6.07) is 8.26. The second-order valence-corrected chi connectivity index (χ2v) is 4.70. The third kappa shape index (κ3) is 2.20. The summed E-state index contributed by atoms with van der Waals surface area (Å²) in [5.74, 6) is 0.501. The predicted molar refractivity (Wildman–Crippen MR) is 74.9 cm³/mol. The van der Waals surface area contributed by atoms with Gasteiger partial charge in [0.2, 0.25) is 0 Å². The summed E-state index contributed by atoms with van der Waals surface area (Å²) in [5.41, 5.74) is 1.69. The number of aryl methyl sites for hydroxylation is 1. The number of benzene rings is 1. The second kappa shape index (κ2) is 5.09. The molecule has 0 saturated heterocycles. The standard InChI is InChI=1S/C15H16FN3O/c1-3-17-15(12-6-7-18-19(12)2)14-9-10-8-11(16)4-5-13(10)20-14/h4-9,15,17H,3H2,1-2H3. The molecule has 1 atom stereocenters. The summed E-state index contributed by atoms with van der Waals surface area (Å²) in [6.45, 7) is 2.83. The van der Waals surface area contributed by atoms with E-state index in [0.717, 1.165) is 23.4 Å². The molecular formula is C15H16FN3O. The van der Waals surface area contributed by atoms with Crippen LogP contribution in [0.5, 0.6) is 0 Å². The first kappa shape index (κ1) is 12.9. The predicted octanol–water partition coefficient (Wildman–Crippen LogP) is 3.00. The molecule has 0 spiro atoms. The number of aromatic nitrogens is 2. The van der Waals surface area contributed by atoms with Crippen LogP contribution >= 0.6 is 0 Å². The minimum absolute atomic E-state index is 0.0945. The summed E-state index contributed by atoms with van der Waals surface area (Å²) in [4.78, 5) is 0. The van der Waals surface area contributed by atoms with E-state index in [1.807, 2.05) is 26.1 Å². The Morgan fingerprint density at radius 1 is 1.35 bits per heavy atom. The normalized spacial score (nSPS) is 12.9. The van der Waals surface area contributed by atoms with Gasteiger partial charge in [-0.3, -0.25) is 4.68 Å². The van der Waals surface area contributed by atoms with Crippen molar-refractivity contribution in [1.82, 2.24) is 15.1 Å². The Labute approximate surface area is 116 Å². The molecule has 0 aliphatic heterocycles. The number of hydrogen-bond donors (Lipinski definition) is 1. The SMILES string of the molecule is CCNC(c1cc2cc(F)ccc2o1)c1ccnn1C. The number of nitrogens with one attached hydrogen (secondary N) is 1. The molecule has 5 heteroatoms. The summed E-state index contributed by atoms with van der Waals surface area (Å²) in [7, 11) is 1.89. The fourth-order valence-electron chi connectivity index (χ4n) is 2.40. The van der Waals surface area contributed by atoms with E-state index in [1.54, 1.807) is 16.9 Å². The van der Waals surface area contributed by atoms with Crippen LogP contribution in [0.2, 0.25) is 0 Å². The van der Waals surface area contributed by atoms with Crippen LogP contribution in [-0.2, 0) is 7.05 Å². The van der Waals surface area contributed by atoms with Crippen molar-refractivity contribution in [3.63, 3.8) is 0 Å². The van der Waals surface area contributed by atoms with Crippen LogP contribution in [-0.4, -0.2) is 16.3 Å². The van der Waals surface area contributed by atoms with Crippen molar-refractivity contribution >= 4 is 11.0 Å². The molecule has 2 heterocycles. The van der Waals surface area contributed by atoms with Crippen molar-refractivity contribution in [1.29, 1.82) is 0 Å². The molecule has 0 bridgehead atoms. The van der Waals surface area contributed by atoms with Gasteiger partial charge >= 0.3 is 0 Å². The summed E-state index contributed by atoms with van der Waals surface area (Å²) in [5, 5.41) is 8.33. The Balaban J connectivity index is 2.07. The van der Waals surface area contributed by atoms with E-state index in [-0.39, 0.29) is 11.9 Å². The number of furan rings is 1. The fourth-order valence-corrected chi connectivity index (χ4v) is 2.40. The molecule has 3 aromatic rings. The van der Waals surface area contributed by atoms with E-state index in [2.05, 4.69) is 10.4 Å². The van der Waals surface area contributed by atoms with Gasteiger partial charge in [-0.15, -0.1) is 0 Å². The molecule has 0 fully saturated rings. The van der Waals surface area contributed by atoms with Gasteiger partial charge in [0, 0.05) is 18.6 Å². The molecule has 0 saturated carbocycles. The minimum atomic E-state index is -0.259. The van der Waals surface area contributed by atoms with Gasteiger partial charge in [0.15, 0.2) is 0 Å². The lowest BCUT2D eigenvalue weighted by Crippen LogP contribution is -2.23. The van der Waals surface area contributed by atoms with E-state index in [4.69, 9.17) is 4.42 Å². The lowest BCUT2D eigenvalue weighted by atomic mass is 10.1. The van der Waals surface area contributed by atoms with Crippen molar-refractivity contribution in [2.24, 2.45) is 7.05 Å². The first-order valence-corrected chi connectivity index (χ1v) is 6.59. The van der Waals surface area contributed by atoms with Crippen LogP contribution in [0.1, 0.15) is 24.4 Å². The Kier molecular flexibility index (Phi) is 3.28. The second-order valence-electron chi connectivity index (χ2n) is 4.70. The number of nitrogens with zero attached hydrogens (tertiary/aromatic N) is 2. The average Bonchev–Trinajstić information content (AvgIpc) is 3.01. The van der Waals surface area contributed by atoms with Crippen molar-refractivity contribution in [3.8, 4) is 0 Å². The molecule has 4 nitrogen and oxygen atoms in total. The van der Waals surface area contributed by atoms with Crippen molar-refractivity contribution < 1.29 is 8.81 Å². The highest BCUT2D eigenvalue weighted by Crippen LogP contribution is 2.28. The van der Waals surface area contributed by atoms with Crippen LogP contribution in [0, 0.1) is 5.82 Å². The maximum absolute atomic E-state index is 13.3. The Morgan fingerprint density at radius 2 is 2.20 bits per heavy atom. The van der Waals surface area contributed by atoms with Gasteiger partial charge in [0.05, 0.1) is 5.69 Å². The molecule has 1 unspecified atom stereocenters. The first-order chi connectivity index (χ1) is 9.69. The fraction of sp³-hybridized carbons (Fsp3) is 0.267. The van der Waals surface area contributed by atoms with Crippen LogP contribution < -0.4 is 5.32 Å². The molecule has 104 valence electrons. The van der Waals surface area contributed by atoms with E-state index < -0.39 is 0 Å². The van der Waals surface area contributed by atoms with Gasteiger partial charge in [-0.2, -0.15) is 5.10 Å². The molecule has 0 aliphatic carbocycles. The van der Waals surface area contributed by atoms with Crippen LogP contribution in [0.4, 0.5) is 4.39 Å². The van der Waals surface area contributed by atoms with Gasteiger partial charge < -0.3 is 9.73 Å². The number of halogens is 1. The van der Waals surface area contributed by atoms with E-state index >= 15 is 0 Å². The van der Waals surface area contributed by atoms with Crippen LogP contribution in [0.25, 0.3) is 11.0 Å². The van der Waals surface area contributed by atoms with Gasteiger partial charge in [-0.1, -0.05) is 6.92 Å². The molecule has 20 heavy (non-hydrogen) atoms. The minimum Gasteiger partial charge on any atom is -0.459 e. The van der Waals surface area contributed by atoms with Gasteiger partial charge in [-0.25, -0.2) is 4.39 Å². The highest BCUT2D eigenvalue weighted by atomic mass is 19.1. The lowest BCUT2D eigenvalue weighted by molar-refractivity contribution is 0.458. The molecule has 1 aromatic carbocycles. The quantitative estimate of drug-likeness (QED) is 0.794. The number of hydrogen-bond acceptors (Lipinski definition) is 3. The molecule has 2 aromatic heterocycles. The smallest absolute Gasteiger partial charge is 0.134 e. The Bertz CT molecular complexity index is 732. The maximum Gasteiger partial charge on any atom is 0.134 e. The van der Waals surface area contributed by atoms with Crippen LogP contribution in [0.15, 0.2) is 40.9 Å². The van der Waals surface area contributed by atoms with Crippen molar-refractivity contribution in [2.75, 3.05) is 6.54 Å². The zero-order valence-corrected chi connectivity index (χ0v) is 11.4. The molecule has 0 aliphatic rings. The average molecular weight is 273 g/mol. The maximum atomic E-state index is 13.3. The largest absolute Gasteiger partial charge is 0.459 e. The monoisotopic (exact) mass is 273 g/mol. The summed E-state index contributed by atoms with van der Waals surface area (Å²) in [6.07, 6.45) is 1.75. The summed E-state index contributed by atoms with van der Waals surface area (Å²) < 4.78 is 20.9. The highest BCUT2D eigenvalue weighted by molar-refractivity contribution is 5.78. The van der Waals surface area contributed by atoms with E-state index in [9.17, 15) is 4.39 Å². The van der Waals surface area contributed by atoms with Crippen LogP contribution in [0.3, 0.4) is 0 Å². The Hall–Kier alpha value is -2.14. The van der Waals surface area contributed by atoms with Crippen molar-refractivity contribution in [2.45, 2.75) is 13.0 Å². The summed E-state index contributed by atoms with van der Waals surface area (Å²) >= 11 is 0. The third-order valence-corrected chi connectivity index (χ3v) is 3.34. The number of rotatable bonds is 4. The molecule has 0 radical (unpaired) electrons. The lowest BCUT2D eigenvalue weighted by Gasteiger charge is -2.15. The van der Waals surface area contributed by atoms with E-state index in [1.165, 1.54) is 12.1 Å².